The lowest BCUT2D eigenvalue weighted by molar-refractivity contribution is -0.118. The molecule has 0 aliphatic carbocycles. The maximum atomic E-state index is 12.4. The van der Waals surface area contributed by atoms with Crippen molar-refractivity contribution in [3.63, 3.8) is 0 Å². The zero-order valence-corrected chi connectivity index (χ0v) is 17.7. The van der Waals surface area contributed by atoms with E-state index in [0.717, 1.165) is 17.0 Å². The number of methoxy groups -OCH3 is 1. The Bertz CT molecular complexity index is 996. The molecule has 0 saturated carbocycles. The molecular formula is C24H28N2O3. The molecule has 1 fully saturated rings. The molecule has 2 aromatic rings. The van der Waals surface area contributed by atoms with E-state index < -0.39 is 5.66 Å². The first kappa shape index (κ1) is 19.4. The van der Waals surface area contributed by atoms with Crippen LogP contribution in [0.15, 0.2) is 42.5 Å². The number of rotatable bonds is 5. The third kappa shape index (κ3) is 2.87. The monoisotopic (exact) mass is 392 g/mol. The summed E-state index contributed by atoms with van der Waals surface area (Å²) in [5.41, 5.74) is 3.70. The minimum Gasteiger partial charge on any atom is -0.493 e. The van der Waals surface area contributed by atoms with Crippen molar-refractivity contribution >= 4 is 17.7 Å². The van der Waals surface area contributed by atoms with Gasteiger partial charge in [-0.3, -0.25) is 4.79 Å². The lowest BCUT2D eigenvalue weighted by Crippen LogP contribution is -2.58. The van der Waals surface area contributed by atoms with Gasteiger partial charge in [-0.2, -0.15) is 0 Å². The van der Waals surface area contributed by atoms with Crippen LogP contribution in [-0.4, -0.2) is 31.8 Å². The third-order valence-electron chi connectivity index (χ3n) is 6.13. The van der Waals surface area contributed by atoms with Crippen LogP contribution in [0.1, 0.15) is 37.5 Å². The predicted molar refractivity (Wildman–Crippen MR) is 116 cm³/mol. The summed E-state index contributed by atoms with van der Waals surface area (Å²) in [6, 6.07) is 12.3. The number of carbonyl (C=O) groups is 1. The van der Waals surface area contributed by atoms with Crippen molar-refractivity contribution in [2.75, 3.05) is 25.2 Å². The summed E-state index contributed by atoms with van der Waals surface area (Å²) >= 11 is 0. The molecule has 5 nitrogen and oxygen atoms in total. The molecular weight excluding hydrogens is 364 g/mol. The smallest absolute Gasteiger partial charge is 0.241 e. The first-order chi connectivity index (χ1) is 13.8. The lowest BCUT2D eigenvalue weighted by atomic mass is 9.75. The molecule has 2 aliphatic heterocycles. The molecule has 1 atom stereocenters. The number of fused-ring (bicyclic) bond motifs is 3. The molecule has 2 aromatic carbocycles. The molecule has 29 heavy (non-hydrogen) atoms. The highest BCUT2D eigenvalue weighted by molar-refractivity contribution is 5.91. The summed E-state index contributed by atoms with van der Waals surface area (Å²) in [5, 5.41) is 3.26. The number of aryl methyl sites for hydroxylation is 1. The van der Waals surface area contributed by atoms with Crippen molar-refractivity contribution in [1.29, 1.82) is 0 Å². The van der Waals surface area contributed by atoms with Crippen molar-refractivity contribution in [3.8, 4) is 11.5 Å². The molecule has 2 aliphatic rings. The molecule has 0 aromatic heterocycles. The Morgan fingerprint density at radius 1 is 1.17 bits per heavy atom. The fourth-order valence-electron chi connectivity index (χ4n) is 4.57. The second-order valence-corrected chi connectivity index (χ2v) is 8.22. The molecule has 152 valence electrons. The number of nitrogens with one attached hydrogen (secondary N) is 1. The molecule has 0 bridgehead atoms. The lowest BCUT2D eigenvalue weighted by Gasteiger charge is -2.40. The van der Waals surface area contributed by atoms with Gasteiger partial charge in [-0.15, -0.1) is 0 Å². The highest BCUT2D eigenvalue weighted by Gasteiger charge is 2.59. The number of ether oxygens (including phenoxy) is 2. The Balaban J connectivity index is 1.76. The van der Waals surface area contributed by atoms with E-state index in [9.17, 15) is 4.79 Å². The molecule has 1 unspecified atom stereocenters. The van der Waals surface area contributed by atoms with E-state index in [4.69, 9.17) is 9.47 Å². The number of nitrogens with zero attached hydrogens (tertiary/aromatic N) is 1. The standard InChI is InChI=1S/C24H28N2O3/c1-6-29-20-10-8-17(14-21(20)28-5)11-12-24-23(3,4)18-13-16(2)7-9-19(18)26(24)15-22(27)25-24/h7-14H,6,15H2,1-5H3,(H,25,27). The zero-order chi connectivity index (χ0) is 20.8. The molecule has 2 heterocycles. The summed E-state index contributed by atoms with van der Waals surface area (Å²) in [7, 11) is 1.64. The van der Waals surface area contributed by atoms with Crippen LogP contribution >= 0.6 is 0 Å². The highest BCUT2D eigenvalue weighted by Crippen LogP contribution is 2.53. The summed E-state index contributed by atoms with van der Waals surface area (Å²) in [6.07, 6.45) is 4.17. The van der Waals surface area contributed by atoms with Crippen LogP contribution in [0.25, 0.3) is 6.08 Å². The average molecular weight is 392 g/mol. The number of anilines is 1. The van der Waals surface area contributed by atoms with Gasteiger partial charge in [0.2, 0.25) is 5.91 Å². The SMILES string of the molecule is CCOc1ccc(C=CC23NC(=O)CN2c2ccc(C)cc2C3(C)C)cc1OC. The van der Waals surface area contributed by atoms with Gasteiger partial charge in [0.15, 0.2) is 11.5 Å². The van der Waals surface area contributed by atoms with E-state index in [-0.39, 0.29) is 11.3 Å². The van der Waals surface area contributed by atoms with Crippen LogP contribution < -0.4 is 19.7 Å². The second kappa shape index (κ2) is 6.83. The van der Waals surface area contributed by atoms with E-state index in [1.807, 2.05) is 25.1 Å². The minimum atomic E-state index is -0.605. The Labute approximate surface area is 172 Å². The number of hydrogen-bond donors (Lipinski definition) is 1. The fraction of sp³-hybridized carbons (Fsp3) is 0.375. The van der Waals surface area contributed by atoms with Gasteiger partial charge in [0.25, 0.3) is 0 Å². The highest BCUT2D eigenvalue weighted by atomic mass is 16.5. The zero-order valence-electron chi connectivity index (χ0n) is 17.7. The Morgan fingerprint density at radius 2 is 1.97 bits per heavy atom. The van der Waals surface area contributed by atoms with Gasteiger partial charge in [0, 0.05) is 11.1 Å². The Morgan fingerprint density at radius 3 is 2.69 bits per heavy atom. The second-order valence-electron chi connectivity index (χ2n) is 8.22. The molecule has 1 N–H and O–H groups in total. The number of benzene rings is 2. The van der Waals surface area contributed by atoms with Gasteiger partial charge in [-0.25, -0.2) is 0 Å². The summed E-state index contributed by atoms with van der Waals surface area (Å²) in [5.74, 6) is 1.46. The summed E-state index contributed by atoms with van der Waals surface area (Å²) in [6.45, 7) is 9.39. The Hall–Kier alpha value is -2.95. The summed E-state index contributed by atoms with van der Waals surface area (Å²) in [4.78, 5) is 14.6. The van der Waals surface area contributed by atoms with Crippen LogP contribution in [-0.2, 0) is 10.2 Å². The normalized spacial score (nSPS) is 21.8. The van der Waals surface area contributed by atoms with Gasteiger partial charge < -0.3 is 19.7 Å². The van der Waals surface area contributed by atoms with E-state index in [1.165, 1.54) is 11.1 Å². The predicted octanol–water partition coefficient (Wildman–Crippen LogP) is 4.04. The van der Waals surface area contributed by atoms with Gasteiger partial charge in [0.1, 0.15) is 5.66 Å². The Kier molecular flexibility index (Phi) is 4.56. The van der Waals surface area contributed by atoms with Crippen molar-refractivity contribution < 1.29 is 14.3 Å². The minimum absolute atomic E-state index is 0.0400. The van der Waals surface area contributed by atoms with E-state index in [0.29, 0.717) is 18.9 Å². The van der Waals surface area contributed by atoms with E-state index in [2.05, 4.69) is 61.3 Å². The van der Waals surface area contributed by atoms with Crippen molar-refractivity contribution in [1.82, 2.24) is 5.32 Å². The molecule has 0 spiro atoms. The van der Waals surface area contributed by atoms with Gasteiger partial charge in [0.05, 0.1) is 20.3 Å². The maximum Gasteiger partial charge on any atom is 0.241 e. The van der Waals surface area contributed by atoms with Crippen molar-refractivity contribution in [2.24, 2.45) is 0 Å². The molecule has 5 heteroatoms. The summed E-state index contributed by atoms with van der Waals surface area (Å²) < 4.78 is 11.1. The maximum absolute atomic E-state index is 12.4. The third-order valence-corrected chi connectivity index (χ3v) is 6.13. The fourth-order valence-corrected chi connectivity index (χ4v) is 4.57. The molecule has 0 radical (unpaired) electrons. The number of amides is 1. The molecule has 1 saturated heterocycles. The largest absolute Gasteiger partial charge is 0.493 e. The number of hydrogen-bond acceptors (Lipinski definition) is 4. The van der Waals surface area contributed by atoms with Crippen molar-refractivity contribution in [3.05, 3.63) is 59.2 Å². The van der Waals surface area contributed by atoms with Gasteiger partial charge >= 0.3 is 0 Å². The van der Waals surface area contributed by atoms with Crippen LogP contribution in [0.5, 0.6) is 11.5 Å². The quantitative estimate of drug-likeness (QED) is 0.834. The van der Waals surface area contributed by atoms with Crippen molar-refractivity contribution in [2.45, 2.75) is 38.8 Å². The average Bonchev–Trinajstić information content (AvgIpc) is 3.12. The van der Waals surface area contributed by atoms with Gasteiger partial charge in [-0.05, 0) is 49.2 Å². The molecule has 4 rings (SSSR count). The van der Waals surface area contributed by atoms with Gasteiger partial charge in [-0.1, -0.05) is 43.7 Å². The first-order valence-electron chi connectivity index (χ1n) is 10.0. The van der Waals surface area contributed by atoms with E-state index in [1.54, 1.807) is 7.11 Å². The van der Waals surface area contributed by atoms with Crippen LogP contribution in [0, 0.1) is 6.92 Å². The topological polar surface area (TPSA) is 50.8 Å². The number of carbonyl (C=O) groups excluding carboxylic acids is 1. The van der Waals surface area contributed by atoms with E-state index >= 15 is 0 Å². The van der Waals surface area contributed by atoms with Crippen LogP contribution in [0.2, 0.25) is 0 Å². The van der Waals surface area contributed by atoms with Crippen LogP contribution in [0.3, 0.4) is 0 Å². The van der Waals surface area contributed by atoms with Crippen LogP contribution in [0.4, 0.5) is 5.69 Å². The first-order valence-corrected chi connectivity index (χ1v) is 10.0. The molecule has 1 amide bonds.